The Balaban J connectivity index is 1.63. The van der Waals surface area contributed by atoms with E-state index in [1.807, 2.05) is 51.4 Å². The highest BCUT2D eigenvalue weighted by atomic mass is 32.2. The van der Waals surface area contributed by atoms with Crippen LogP contribution in [0.4, 0.5) is 5.82 Å². The van der Waals surface area contributed by atoms with Gasteiger partial charge in [-0.3, -0.25) is 18.9 Å². The maximum Gasteiger partial charge on any atom is 0.267 e. The molecule has 1 aliphatic heterocycles. The summed E-state index contributed by atoms with van der Waals surface area (Å²) in [5, 5.41) is 0. The second-order valence-electron chi connectivity index (χ2n) is 7.86. The lowest BCUT2D eigenvalue weighted by molar-refractivity contribution is -0.122. The van der Waals surface area contributed by atoms with Crippen LogP contribution in [-0.2, 0) is 11.2 Å². The van der Waals surface area contributed by atoms with E-state index in [0.29, 0.717) is 32.8 Å². The minimum Gasteiger partial charge on any atom is -0.362 e. The third-order valence-corrected chi connectivity index (χ3v) is 6.70. The summed E-state index contributed by atoms with van der Waals surface area (Å²) in [5.41, 5.74) is 2.91. The van der Waals surface area contributed by atoms with Crippen molar-refractivity contribution in [3.8, 4) is 0 Å². The van der Waals surface area contributed by atoms with Crippen molar-refractivity contribution in [2.24, 2.45) is 0 Å². The standard InChI is InChI=1S/C24H24N4O2S2/c1-16-9-7-13-27-20(16)25-21(26(2)3)18(22(27)29)15-19-23(30)28(24(31)32-19)14-8-12-17-10-5-4-6-11-17/h4-7,9-11,13,15H,8,12,14H2,1-3H3/b19-15+. The molecule has 6 nitrogen and oxygen atoms in total. The lowest BCUT2D eigenvalue weighted by atomic mass is 10.1. The van der Waals surface area contributed by atoms with Gasteiger partial charge in [-0.25, -0.2) is 4.98 Å². The number of hydrogen-bond acceptors (Lipinski definition) is 6. The van der Waals surface area contributed by atoms with Gasteiger partial charge in [0, 0.05) is 26.8 Å². The second-order valence-corrected chi connectivity index (χ2v) is 9.53. The molecule has 0 bridgehead atoms. The van der Waals surface area contributed by atoms with Crippen molar-refractivity contribution in [3.05, 3.63) is 80.6 Å². The number of pyridine rings is 1. The molecule has 164 valence electrons. The fourth-order valence-corrected chi connectivity index (χ4v) is 4.97. The Morgan fingerprint density at radius 1 is 1.12 bits per heavy atom. The molecule has 8 heteroatoms. The maximum absolute atomic E-state index is 13.3. The predicted molar refractivity (Wildman–Crippen MR) is 135 cm³/mol. The minimum atomic E-state index is -0.211. The van der Waals surface area contributed by atoms with Crippen molar-refractivity contribution in [2.75, 3.05) is 25.5 Å². The summed E-state index contributed by atoms with van der Waals surface area (Å²) in [7, 11) is 3.67. The van der Waals surface area contributed by atoms with Crippen LogP contribution in [0.5, 0.6) is 0 Å². The number of carbonyl (C=O) groups excluding carboxylic acids is 1. The van der Waals surface area contributed by atoms with E-state index in [0.717, 1.165) is 18.4 Å². The van der Waals surface area contributed by atoms with Gasteiger partial charge in [-0.2, -0.15) is 0 Å². The molecule has 0 N–H and O–H groups in total. The molecule has 32 heavy (non-hydrogen) atoms. The lowest BCUT2D eigenvalue weighted by Crippen LogP contribution is -2.29. The molecule has 3 aromatic rings. The molecule has 0 unspecified atom stereocenters. The van der Waals surface area contributed by atoms with E-state index in [2.05, 4.69) is 12.1 Å². The number of thioether (sulfide) groups is 1. The molecule has 0 spiro atoms. The molecule has 0 atom stereocenters. The molecule has 1 aromatic carbocycles. The SMILES string of the molecule is Cc1cccn2c(=O)c(/C=C3/SC(=S)N(CCCc4ccccc4)C3=O)c(N(C)C)nc12. The Kier molecular flexibility index (Phi) is 6.43. The number of fused-ring (bicyclic) bond motifs is 1. The summed E-state index contributed by atoms with van der Waals surface area (Å²) in [6.07, 6.45) is 5.02. The van der Waals surface area contributed by atoms with Gasteiger partial charge in [-0.15, -0.1) is 0 Å². The fraction of sp³-hybridized carbons (Fsp3) is 0.250. The molecule has 0 saturated carbocycles. The Labute approximate surface area is 196 Å². The number of anilines is 1. The van der Waals surface area contributed by atoms with Crippen LogP contribution >= 0.6 is 24.0 Å². The Morgan fingerprint density at radius 2 is 1.88 bits per heavy atom. The van der Waals surface area contributed by atoms with Crippen molar-refractivity contribution in [3.63, 3.8) is 0 Å². The first-order valence-electron chi connectivity index (χ1n) is 10.4. The highest BCUT2D eigenvalue weighted by Crippen LogP contribution is 2.33. The second kappa shape index (κ2) is 9.26. The van der Waals surface area contributed by atoms with Crippen LogP contribution in [0.15, 0.2) is 58.4 Å². The van der Waals surface area contributed by atoms with E-state index in [-0.39, 0.29) is 11.5 Å². The van der Waals surface area contributed by atoms with Gasteiger partial charge in [0.2, 0.25) is 0 Å². The molecule has 1 fully saturated rings. The number of benzene rings is 1. The van der Waals surface area contributed by atoms with Crippen molar-refractivity contribution < 1.29 is 4.79 Å². The van der Waals surface area contributed by atoms with E-state index in [4.69, 9.17) is 17.2 Å². The van der Waals surface area contributed by atoms with Crippen molar-refractivity contribution in [1.29, 1.82) is 0 Å². The van der Waals surface area contributed by atoms with Crippen molar-refractivity contribution in [1.82, 2.24) is 14.3 Å². The number of nitrogens with zero attached hydrogens (tertiary/aromatic N) is 4. The zero-order valence-electron chi connectivity index (χ0n) is 18.2. The molecule has 3 heterocycles. The summed E-state index contributed by atoms with van der Waals surface area (Å²) in [6, 6.07) is 13.9. The van der Waals surface area contributed by atoms with E-state index >= 15 is 0 Å². The third kappa shape index (κ3) is 4.33. The number of thiocarbonyl (C=S) groups is 1. The first-order chi connectivity index (χ1) is 15.4. The predicted octanol–water partition coefficient (Wildman–Crippen LogP) is 3.90. The fourth-order valence-electron chi connectivity index (χ4n) is 3.68. The molecular formula is C24H24N4O2S2. The van der Waals surface area contributed by atoms with E-state index in [1.165, 1.54) is 21.7 Å². The zero-order valence-corrected chi connectivity index (χ0v) is 19.9. The van der Waals surface area contributed by atoms with Crippen LogP contribution in [0, 0.1) is 6.92 Å². The molecule has 4 rings (SSSR count). The average Bonchev–Trinajstić information content (AvgIpc) is 3.04. The molecule has 1 amide bonds. The van der Waals surface area contributed by atoms with Gasteiger partial charge in [0.25, 0.3) is 11.5 Å². The molecule has 2 aromatic heterocycles. The van der Waals surface area contributed by atoms with Crippen LogP contribution < -0.4 is 10.5 Å². The zero-order chi connectivity index (χ0) is 22.8. The monoisotopic (exact) mass is 464 g/mol. The summed E-state index contributed by atoms with van der Waals surface area (Å²) < 4.78 is 2.04. The average molecular weight is 465 g/mol. The van der Waals surface area contributed by atoms with Crippen molar-refractivity contribution in [2.45, 2.75) is 19.8 Å². The quantitative estimate of drug-likeness (QED) is 0.407. The Hall–Kier alpha value is -2.97. The lowest BCUT2D eigenvalue weighted by Gasteiger charge is -2.16. The van der Waals surface area contributed by atoms with Crippen LogP contribution in [-0.4, -0.2) is 45.2 Å². The number of aryl methyl sites for hydroxylation is 2. The number of amides is 1. The van der Waals surface area contributed by atoms with Crippen LogP contribution in [0.25, 0.3) is 11.7 Å². The van der Waals surface area contributed by atoms with Gasteiger partial charge >= 0.3 is 0 Å². The molecular weight excluding hydrogens is 440 g/mol. The summed E-state index contributed by atoms with van der Waals surface area (Å²) in [6.45, 7) is 2.47. The largest absolute Gasteiger partial charge is 0.362 e. The van der Waals surface area contributed by atoms with Gasteiger partial charge < -0.3 is 4.90 Å². The summed E-state index contributed by atoms with van der Waals surface area (Å²) in [5.74, 6) is 0.366. The highest BCUT2D eigenvalue weighted by molar-refractivity contribution is 8.26. The minimum absolute atomic E-state index is 0.161. The molecule has 1 saturated heterocycles. The van der Waals surface area contributed by atoms with E-state index in [1.54, 1.807) is 22.1 Å². The Morgan fingerprint density at radius 3 is 2.59 bits per heavy atom. The maximum atomic E-state index is 13.3. The van der Waals surface area contributed by atoms with Gasteiger partial charge in [0.15, 0.2) is 0 Å². The van der Waals surface area contributed by atoms with Crippen LogP contribution in [0.2, 0.25) is 0 Å². The van der Waals surface area contributed by atoms with Gasteiger partial charge in [-0.05, 0) is 43.0 Å². The smallest absolute Gasteiger partial charge is 0.267 e. The topological polar surface area (TPSA) is 57.9 Å². The Bertz CT molecular complexity index is 1280. The van der Waals surface area contributed by atoms with E-state index in [9.17, 15) is 9.59 Å². The van der Waals surface area contributed by atoms with Crippen LogP contribution in [0.3, 0.4) is 0 Å². The first-order valence-corrected chi connectivity index (χ1v) is 11.6. The number of rotatable bonds is 6. The van der Waals surface area contributed by atoms with E-state index < -0.39 is 0 Å². The highest BCUT2D eigenvalue weighted by Gasteiger charge is 2.32. The van der Waals surface area contributed by atoms with Gasteiger partial charge in [0.05, 0.1) is 10.5 Å². The number of carbonyl (C=O) groups is 1. The molecule has 0 aliphatic carbocycles. The normalized spacial score (nSPS) is 15.2. The molecule has 0 radical (unpaired) electrons. The number of hydrogen-bond donors (Lipinski definition) is 0. The van der Waals surface area contributed by atoms with Crippen LogP contribution in [0.1, 0.15) is 23.1 Å². The molecule has 1 aliphatic rings. The number of aromatic nitrogens is 2. The first kappa shape index (κ1) is 22.2. The van der Waals surface area contributed by atoms with Gasteiger partial charge in [0.1, 0.15) is 15.8 Å². The third-order valence-electron chi connectivity index (χ3n) is 5.33. The van der Waals surface area contributed by atoms with Crippen molar-refractivity contribution >= 4 is 51.7 Å². The van der Waals surface area contributed by atoms with Gasteiger partial charge in [-0.1, -0.05) is 60.4 Å². The summed E-state index contributed by atoms with van der Waals surface area (Å²) >= 11 is 6.71. The summed E-state index contributed by atoms with van der Waals surface area (Å²) in [4.78, 5) is 34.9.